The van der Waals surface area contributed by atoms with Gasteiger partial charge in [0.05, 0.1) is 10.2 Å². The largest absolute Gasteiger partial charge is 0.298 e. The molecule has 0 atom stereocenters. The van der Waals surface area contributed by atoms with Crippen molar-refractivity contribution >= 4 is 43.4 Å². The predicted molar refractivity (Wildman–Crippen MR) is 104 cm³/mol. The van der Waals surface area contributed by atoms with Crippen LogP contribution in [0, 0.1) is 6.92 Å². The number of hydrogen-bond acceptors (Lipinski definition) is 3. The minimum atomic E-state index is -0.0905. The summed E-state index contributed by atoms with van der Waals surface area (Å²) < 4.78 is 1.09. The highest BCUT2D eigenvalue weighted by Gasteiger charge is 2.19. The summed E-state index contributed by atoms with van der Waals surface area (Å²) in [4.78, 5) is 17.5. The highest BCUT2D eigenvalue weighted by molar-refractivity contribution is 7.22. The first kappa shape index (κ1) is 14.6. The number of aromatic nitrogens is 1. The molecule has 0 fully saturated rings. The Morgan fingerprint density at radius 2 is 1.84 bits per heavy atom. The van der Waals surface area contributed by atoms with E-state index in [4.69, 9.17) is 0 Å². The number of aryl methyl sites for hydroxylation is 3. The average Bonchev–Trinajstić information content (AvgIpc) is 3.21. The third-order valence-corrected chi connectivity index (χ3v) is 5.90. The SMILES string of the molecule is Cc1cccc2sc(NC(=O)c3ccc4c5c(cccc35)CC4)nc12. The summed E-state index contributed by atoms with van der Waals surface area (Å²) in [6.07, 6.45) is 2.13. The zero-order valence-electron chi connectivity index (χ0n) is 13.8. The van der Waals surface area contributed by atoms with Crippen molar-refractivity contribution in [3.05, 3.63) is 70.8 Å². The summed E-state index contributed by atoms with van der Waals surface area (Å²) in [5.74, 6) is -0.0905. The van der Waals surface area contributed by atoms with Gasteiger partial charge in [0.1, 0.15) is 0 Å². The Morgan fingerprint density at radius 1 is 1.04 bits per heavy atom. The van der Waals surface area contributed by atoms with E-state index >= 15 is 0 Å². The van der Waals surface area contributed by atoms with Crippen molar-refractivity contribution in [2.24, 2.45) is 0 Å². The molecule has 0 spiro atoms. The fourth-order valence-corrected chi connectivity index (χ4v) is 4.69. The Bertz CT molecular complexity index is 1150. The normalized spacial score (nSPS) is 12.8. The van der Waals surface area contributed by atoms with E-state index in [9.17, 15) is 4.79 Å². The molecule has 1 amide bonds. The molecule has 4 heteroatoms. The van der Waals surface area contributed by atoms with Gasteiger partial charge in [-0.2, -0.15) is 0 Å². The summed E-state index contributed by atoms with van der Waals surface area (Å²) in [7, 11) is 0. The fourth-order valence-electron chi connectivity index (χ4n) is 3.75. The predicted octanol–water partition coefficient (Wildman–Crippen LogP) is 5.11. The van der Waals surface area contributed by atoms with E-state index in [0.717, 1.165) is 39.6 Å². The van der Waals surface area contributed by atoms with Crippen LogP contribution in [0.3, 0.4) is 0 Å². The number of carbonyl (C=O) groups is 1. The number of nitrogens with zero attached hydrogens (tertiary/aromatic N) is 1. The first-order valence-corrected chi connectivity index (χ1v) is 9.23. The van der Waals surface area contributed by atoms with Crippen LogP contribution >= 0.6 is 11.3 Å². The maximum atomic E-state index is 12.9. The highest BCUT2D eigenvalue weighted by Crippen LogP contribution is 2.33. The number of anilines is 1. The number of fused-ring (bicyclic) bond motifs is 1. The molecule has 0 bridgehead atoms. The number of thiazole rings is 1. The molecule has 1 aliphatic rings. The van der Waals surface area contributed by atoms with Gasteiger partial charge >= 0.3 is 0 Å². The van der Waals surface area contributed by atoms with Gasteiger partial charge in [0, 0.05) is 5.56 Å². The summed E-state index contributed by atoms with van der Waals surface area (Å²) in [6.45, 7) is 2.04. The van der Waals surface area contributed by atoms with Gasteiger partial charge in [-0.3, -0.25) is 10.1 Å². The van der Waals surface area contributed by atoms with Gasteiger partial charge in [-0.25, -0.2) is 4.98 Å². The van der Waals surface area contributed by atoms with Crippen molar-refractivity contribution in [2.45, 2.75) is 19.8 Å². The van der Waals surface area contributed by atoms with Crippen LogP contribution in [0.2, 0.25) is 0 Å². The molecule has 1 aliphatic carbocycles. The second-order valence-electron chi connectivity index (χ2n) is 6.51. The molecule has 1 N–H and O–H groups in total. The maximum Gasteiger partial charge on any atom is 0.258 e. The molecule has 1 aromatic heterocycles. The van der Waals surface area contributed by atoms with E-state index in [0.29, 0.717) is 5.13 Å². The molecule has 122 valence electrons. The number of hydrogen-bond donors (Lipinski definition) is 1. The molecule has 0 aliphatic heterocycles. The van der Waals surface area contributed by atoms with Gasteiger partial charge < -0.3 is 0 Å². The van der Waals surface area contributed by atoms with Gasteiger partial charge in [-0.05, 0) is 59.4 Å². The van der Waals surface area contributed by atoms with Crippen molar-refractivity contribution in [3.63, 3.8) is 0 Å². The lowest BCUT2D eigenvalue weighted by molar-refractivity contribution is 0.102. The second-order valence-corrected chi connectivity index (χ2v) is 7.54. The number of benzene rings is 3. The molecule has 4 aromatic rings. The Morgan fingerprint density at radius 3 is 2.68 bits per heavy atom. The first-order valence-electron chi connectivity index (χ1n) is 8.42. The van der Waals surface area contributed by atoms with Crippen LogP contribution < -0.4 is 5.32 Å². The summed E-state index contributed by atoms with van der Waals surface area (Å²) in [5, 5.41) is 5.95. The standard InChI is InChI=1S/C21H16N2OS/c1-12-4-2-7-17-19(12)22-21(25-17)23-20(24)16-11-10-14-9-8-13-5-3-6-15(16)18(13)14/h2-7,10-11H,8-9H2,1H3,(H,22,23,24). The van der Waals surface area contributed by atoms with E-state index in [-0.39, 0.29) is 5.91 Å². The molecule has 5 rings (SSSR count). The van der Waals surface area contributed by atoms with Crippen molar-refractivity contribution in [3.8, 4) is 0 Å². The number of amides is 1. The van der Waals surface area contributed by atoms with E-state index in [2.05, 4.69) is 22.4 Å². The van der Waals surface area contributed by atoms with Gasteiger partial charge in [-0.1, -0.05) is 47.7 Å². The molecule has 3 aromatic carbocycles. The van der Waals surface area contributed by atoms with E-state index < -0.39 is 0 Å². The van der Waals surface area contributed by atoms with Crippen LogP contribution in [-0.4, -0.2) is 10.9 Å². The lowest BCUT2D eigenvalue weighted by Gasteiger charge is -2.08. The molecule has 0 saturated heterocycles. The van der Waals surface area contributed by atoms with Crippen LogP contribution in [0.25, 0.3) is 21.0 Å². The number of para-hydroxylation sites is 1. The second kappa shape index (κ2) is 5.39. The molecule has 3 nitrogen and oxygen atoms in total. The minimum absolute atomic E-state index is 0.0905. The molecular formula is C21H16N2OS. The first-order chi connectivity index (χ1) is 12.2. The highest BCUT2D eigenvalue weighted by atomic mass is 32.1. The number of nitrogens with one attached hydrogen (secondary N) is 1. The third-order valence-electron chi connectivity index (χ3n) is 4.96. The summed E-state index contributed by atoms with van der Waals surface area (Å²) in [6, 6.07) is 16.4. The zero-order valence-corrected chi connectivity index (χ0v) is 14.6. The van der Waals surface area contributed by atoms with Crippen LogP contribution in [0.5, 0.6) is 0 Å². The Hall–Kier alpha value is -2.72. The van der Waals surface area contributed by atoms with Gasteiger partial charge in [0.25, 0.3) is 5.91 Å². The van der Waals surface area contributed by atoms with Crippen molar-refractivity contribution in [1.82, 2.24) is 4.98 Å². The lowest BCUT2D eigenvalue weighted by Crippen LogP contribution is -2.12. The van der Waals surface area contributed by atoms with Gasteiger partial charge in [-0.15, -0.1) is 0 Å². The Kier molecular flexibility index (Phi) is 3.15. The molecule has 0 unspecified atom stereocenters. The van der Waals surface area contributed by atoms with E-state index in [1.807, 2.05) is 43.3 Å². The summed E-state index contributed by atoms with van der Waals surface area (Å²) in [5.41, 5.74) is 5.50. The number of rotatable bonds is 2. The van der Waals surface area contributed by atoms with Crippen molar-refractivity contribution < 1.29 is 4.79 Å². The fraction of sp³-hybridized carbons (Fsp3) is 0.143. The van der Waals surface area contributed by atoms with Crippen LogP contribution in [0.1, 0.15) is 27.0 Å². The lowest BCUT2D eigenvalue weighted by atomic mass is 9.99. The van der Waals surface area contributed by atoms with Crippen molar-refractivity contribution in [1.29, 1.82) is 0 Å². The average molecular weight is 344 g/mol. The van der Waals surface area contributed by atoms with Gasteiger partial charge in [0.2, 0.25) is 0 Å². The smallest absolute Gasteiger partial charge is 0.258 e. The molecule has 25 heavy (non-hydrogen) atoms. The minimum Gasteiger partial charge on any atom is -0.298 e. The monoisotopic (exact) mass is 344 g/mol. The molecule has 0 radical (unpaired) electrons. The van der Waals surface area contributed by atoms with Crippen molar-refractivity contribution in [2.75, 3.05) is 5.32 Å². The van der Waals surface area contributed by atoms with Crippen LogP contribution in [-0.2, 0) is 12.8 Å². The van der Waals surface area contributed by atoms with Gasteiger partial charge in [0.15, 0.2) is 5.13 Å². The summed E-state index contributed by atoms with van der Waals surface area (Å²) >= 11 is 1.52. The number of carbonyl (C=O) groups excluding carboxylic acids is 1. The van der Waals surface area contributed by atoms with Crippen LogP contribution in [0.15, 0.2) is 48.5 Å². The zero-order chi connectivity index (χ0) is 17.0. The molecular weight excluding hydrogens is 328 g/mol. The Balaban J connectivity index is 1.56. The topological polar surface area (TPSA) is 42.0 Å². The Labute approximate surface area is 149 Å². The molecule has 1 heterocycles. The third kappa shape index (κ3) is 2.25. The molecule has 0 saturated carbocycles. The quantitative estimate of drug-likeness (QED) is 0.549. The van der Waals surface area contributed by atoms with E-state index in [1.54, 1.807) is 0 Å². The maximum absolute atomic E-state index is 12.9. The van der Waals surface area contributed by atoms with E-state index in [1.165, 1.54) is 27.8 Å². The van der Waals surface area contributed by atoms with Crippen LogP contribution in [0.4, 0.5) is 5.13 Å².